The second kappa shape index (κ2) is 9.56. The van der Waals surface area contributed by atoms with E-state index in [1.54, 1.807) is 60.4 Å². The highest BCUT2D eigenvalue weighted by atomic mass is 16.6. The van der Waals surface area contributed by atoms with Gasteiger partial charge in [0.15, 0.2) is 5.82 Å². The van der Waals surface area contributed by atoms with Crippen molar-refractivity contribution in [1.29, 1.82) is 0 Å². The molecule has 1 aliphatic carbocycles. The largest absolute Gasteiger partial charge is 0.473 e. The minimum atomic E-state index is -0.639. The number of amides is 2. The zero-order valence-electron chi connectivity index (χ0n) is 22.6. The topological polar surface area (TPSA) is 125 Å². The fourth-order valence-corrected chi connectivity index (χ4v) is 3.80. The first-order valence-electron chi connectivity index (χ1n) is 12.2. The van der Waals surface area contributed by atoms with Crippen molar-refractivity contribution < 1.29 is 23.8 Å². The molecular weight excluding hydrogens is 478 g/mol. The summed E-state index contributed by atoms with van der Waals surface area (Å²) in [4.78, 5) is 31.0. The van der Waals surface area contributed by atoms with Gasteiger partial charge in [0.2, 0.25) is 5.88 Å². The van der Waals surface area contributed by atoms with Crippen LogP contribution in [0, 0.1) is 0 Å². The summed E-state index contributed by atoms with van der Waals surface area (Å²) >= 11 is 0. The summed E-state index contributed by atoms with van der Waals surface area (Å²) in [5.41, 5.74) is 0.801. The smallest absolute Gasteiger partial charge is 0.413 e. The van der Waals surface area contributed by atoms with E-state index in [9.17, 15) is 9.59 Å². The summed E-state index contributed by atoms with van der Waals surface area (Å²) in [6.45, 7) is 10.9. The molecule has 0 aliphatic heterocycles. The second-order valence-corrected chi connectivity index (χ2v) is 11.3. The van der Waals surface area contributed by atoms with Gasteiger partial charge in [0, 0.05) is 50.8 Å². The molecule has 0 spiro atoms. The first-order valence-corrected chi connectivity index (χ1v) is 12.2. The molecule has 3 heterocycles. The van der Waals surface area contributed by atoms with Gasteiger partial charge in [-0.3, -0.25) is 10.00 Å². The van der Waals surface area contributed by atoms with Gasteiger partial charge in [-0.1, -0.05) is 0 Å². The molecule has 1 N–H and O–H groups in total. The number of carbonyl (C=O) groups is 2. The molecular formula is C25H35N7O5. The van der Waals surface area contributed by atoms with Crippen LogP contribution in [0.3, 0.4) is 0 Å². The average Bonchev–Trinajstić information content (AvgIpc) is 3.32. The lowest BCUT2D eigenvalue weighted by Gasteiger charge is -2.40. The SMILES string of the molecule is Cn1cc(-c2cn3nc(NC(=O)OC(C)(C)C)cc3c(O[C@H]3C[C@@H](N(C)C(=O)OC(C)(C)C)C3)n2)cn1. The molecule has 12 nitrogen and oxygen atoms in total. The normalized spacial score (nSPS) is 17.7. The number of aryl methyl sites for hydroxylation is 1. The van der Waals surface area contributed by atoms with Crippen LogP contribution in [-0.4, -0.2) is 71.9 Å². The molecule has 1 aliphatic rings. The Labute approximate surface area is 215 Å². The standard InChI is InChI=1S/C25H35N7O5/c1-24(2,3)36-22(33)28-20-11-19-21(27-18(14-32(19)29-20)15-12-26-30(7)13-15)35-17-9-16(10-17)31(8)23(34)37-25(4,5)6/h11-14,16-17H,9-10H2,1-8H3,(H,28,29,33)/t16-,17+. The van der Waals surface area contributed by atoms with Crippen LogP contribution < -0.4 is 10.1 Å². The van der Waals surface area contributed by atoms with Crippen molar-refractivity contribution in [3.63, 3.8) is 0 Å². The maximum atomic E-state index is 12.4. The third-order valence-electron chi connectivity index (χ3n) is 5.63. The van der Waals surface area contributed by atoms with Crippen LogP contribution in [0.4, 0.5) is 15.4 Å². The third kappa shape index (κ3) is 6.49. The van der Waals surface area contributed by atoms with Crippen molar-refractivity contribution in [2.75, 3.05) is 12.4 Å². The lowest BCUT2D eigenvalue weighted by Crippen LogP contribution is -2.51. The molecule has 0 saturated heterocycles. The van der Waals surface area contributed by atoms with Gasteiger partial charge in [0.1, 0.15) is 22.8 Å². The number of hydrogen-bond donors (Lipinski definition) is 1. The van der Waals surface area contributed by atoms with Crippen molar-refractivity contribution in [1.82, 2.24) is 29.3 Å². The Bertz CT molecular complexity index is 1290. The lowest BCUT2D eigenvalue weighted by molar-refractivity contribution is -0.00938. The van der Waals surface area contributed by atoms with Crippen molar-refractivity contribution in [3.05, 3.63) is 24.7 Å². The zero-order chi connectivity index (χ0) is 27.1. The predicted octanol–water partition coefficient (Wildman–Crippen LogP) is 4.25. The Morgan fingerprint density at radius 1 is 1.08 bits per heavy atom. The van der Waals surface area contributed by atoms with E-state index >= 15 is 0 Å². The Morgan fingerprint density at radius 3 is 2.35 bits per heavy atom. The van der Waals surface area contributed by atoms with E-state index < -0.39 is 17.3 Å². The average molecular weight is 514 g/mol. The number of ether oxygens (including phenoxy) is 3. The Morgan fingerprint density at radius 2 is 1.76 bits per heavy atom. The van der Waals surface area contributed by atoms with Gasteiger partial charge in [-0.05, 0) is 41.5 Å². The number of hydrogen-bond acceptors (Lipinski definition) is 8. The van der Waals surface area contributed by atoms with Crippen molar-refractivity contribution in [2.24, 2.45) is 7.05 Å². The van der Waals surface area contributed by atoms with E-state index in [1.807, 2.05) is 34.0 Å². The van der Waals surface area contributed by atoms with Crippen molar-refractivity contribution in [2.45, 2.75) is 77.7 Å². The monoisotopic (exact) mass is 513 g/mol. The van der Waals surface area contributed by atoms with E-state index in [0.717, 1.165) is 5.56 Å². The second-order valence-electron chi connectivity index (χ2n) is 11.3. The minimum Gasteiger partial charge on any atom is -0.473 e. The minimum absolute atomic E-state index is 0.00619. The maximum absolute atomic E-state index is 12.4. The summed E-state index contributed by atoms with van der Waals surface area (Å²) in [6, 6.07) is 1.69. The Balaban J connectivity index is 1.54. The molecule has 1 saturated carbocycles. The van der Waals surface area contributed by atoms with Crippen LogP contribution in [0.2, 0.25) is 0 Å². The highest BCUT2D eigenvalue weighted by molar-refractivity contribution is 5.85. The summed E-state index contributed by atoms with van der Waals surface area (Å²) in [5.74, 6) is 0.676. The molecule has 200 valence electrons. The van der Waals surface area contributed by atoms with Crippen LogP contribution >= 0.6 is 0 Å². The zero-order valence-corrected chi connectivity index (χ0v) is 22.6. The molecule has 0 unspecified atom stereocenters. The highest BCUT2D eigenvalue weighted by Gasteiger charge is 2.38. The number of rotatable bonds is 5. The van der Waals surface area contributed by atoms with Crippen LogP contribution in [0.5, 0.6) is 5.88 Å². The highest BCUT2D eigenvalue weighted by Crippen LogP contribution is 2.33. The van der Waals surface area contributed by atoms with Gasteiger partial charge in [-0.15, -0.1) is 5.10 Å². The van der Waals surface area contributed by atoms with Gasteiger partial charge < -0.3 is 19.1 Å². The number of nitrogens with one attached hydrogen (secondary N) is 1. The molecule has 0 radical (unpaired) electrons. The molecule has 4 rings (SSSR count). The van der Waals surface area contributed by atoms with Gasteiger partial charge >= 0.3 is 12.2 Å². The number of carbonyl (C=O) groups excluding carboxylic acids is 2. The van der Waals surface area contributed by atoms with E-state index in [2.05, 4.69) is 15.5 Å². The van der Waals surface area contributed by atoms with Crippen molar-refractivity contribution >= 4 is 23.5 Å². The number of anilines is 1. The predicted molar refractivity (Wildman–Crippen MR) is 136 cm³/mol. The van der Waals surface area contributed by atoms with E-state index in [-0.39, 0.29) is 18.2 Å². The Kier molecular flexibility index (Phi) is 6.78. The molecule has 37 heavy (non-hydrogen) atoms. The van der Waals surface area contributed by atoms with Crippen LogP contribution in [0.15, 0.2) is 24.7 Å². The third-order valence-corrected chi connectivity index (χ3v) is 5.63. The van der Waals surface area contributed by atoms with E-state index in [4.69, 9.17) is 19.2 Å². The fourth-order valence-electron chi connectivity index (χ4n) is 3.80. The Hall–Kier alpha value is -3.83. The van der Waals surface area contributed by atoms with Crippen molar-refractivity contribution in [3.8, 4) is 17.1 Å². The fraction of sp³-hybridized carbons (Fsp3) is 0.560. The quantitative estimate of drug-likeness (QED) is 0.537. The molecule has 1 fully saturated rings. The number of aromatic nitrogens is 5. The number of fused-ring (bicyclic) bond motifs is 1. The molecule has 3 aromatic heterocycles. The molecule has 0 atom stereocenters. The van der Waals surface area contributed by atoms with Gasteiger partial charge in [-0.25, -0.2) is 19.1 Å². The van der Waals surface area contributed by atoms with E-state index in [1.165, 1.54) is 0 Å². The maximum Gasteiger partial charge on any atom is 0.413 e. The van der Waals surface area contributed by atoms with Crippen LogP contribution in [0.1, 0.15) is 54.4 Å². The van der Waals surface area contributed by atoms with Gasteiger partial charge in [0.05, 0.1) is 18.1 Å². The summed E-state index contributed by atoms with van der Waals surface area (Å²) in [6.07, 6.45) is 5.46. The number of nitrogens with zero attached hydrogens (tertiary/aromatic N) is 6. The molecule has 2 amide bonds. The van der Waals surface area contributed by atoms with E-state index in [0.29, 0.717) is 35.8 Å². The van der Waals surface area contributed by atoms with Crippen LogP contribution in [-0.2, 0) is 16.5 Å². The lowest BCUT2D eigenvalue weighted by atomic mass is 9.88. The first kappa shape index (κ1) is 26.2. The van der Waals surface area contributed by atoms with Gasteiger partial charge in [-0.2, -0.15) is 5.10 Å². The first-order chi connectivity index (χ1) is 17.2. The summed E-state index contributed by atoms with van der Waals surface area (Å²) < 4.78 is 20.4. The summed E-state index contributed by atoms with van der Waals surface area (Å²) in [5, 5.41) is 11.4. The van der Waals surface area contributed by atoms with Crippen LogP contribution in [0.25, 0.3) is 16.8 Å². The summed E-state index contributed by atoms with van der Waals surface area (Å²) in [7, 11) is 3.56. The van der Waals surface area contributed by atoms with Gasteiger partial charge in [0.25, 0.3) is 0 Å². The molecule has 3 aromatic rings. The molecule has 0 bridgehead atoms. The molecule has 0 aromatic carbocycles. The molecule has 12 heteroatoms.